The van der Waals surface area contributed by atoms with Crippen molar-refractivity contribution in [2.75, 3.05) is 13.7 Å². The Labute approximate surface area is 329 Å². The number of nitrogens with one attached hydrogen (secondary N) is 1. The molecule has 0 aliphatic heterocycles. The topological polar surface area (TPSA) is 41.4 Å². The lowest BCUT2D eigenvalue weighted by Crippen LogP contribution is -3.11. The van der Waals surface area contributed by atoms with Gasteiger partial charge in [0.15, 0.2) is 52.7 Å². The van der Waals surface area contributed by atoms with Crippen LogP contribution in [0.1, 0.15) is 84.5 Å². The van der Waals surface area contributed by atoms with E-state index in [0.29, 0.717) is 36.8 Å². The molecule has 0 aliphatic carbocycles. The Bertz CT molecular complexity index is 1800. The quantitative estimate of drug-likeness (QED) is 0.0227. The first kappa shape index (κ1) is 47.8. The van der Waals surface area contributed by atoms with Gasteiger partial charge in [0.25, 0.3) is 0 Å². The van der Waals surface area contributed by atoms with Crippen molar-refractivity contribution >= 4 is 13.0 Å². The Morgan fingerprint density at radius 1 is 0.517 bits per heavy atom. The maximum atomic E-state index is 15.6. The van der Waals surface area contributed by atoms with Gasteiger partial charge >= 0.3 is 7.32 Å². The summed E-state index contributed by atoms with van der Waals surface area (Å²) in [5, 5.41) is 0. The second-order valence-electron chi connectivity index (χ2n) is 13.1. The monoisotopic (exact) mass is 839 g/mol. The zero-order valence-corrected chi connectivity index (χ0v) is 31.9. The second kappa shape index (κ2) is 23.7. The number of quaternary nitrogens is 1. The highest BCUT2D eigenvalue weighted by molar-refractivity contribution is 6.39. The van der Waals surface area contributed by atoms with Crippen LogP contribution in [0.3, 0.4) is 0 Å². The molecule has 0 spiro atoms. The van der Waals surface area contributed by atoms with Crippen LogP contribution < -0.4 is 18.9 Å². The fourth-order valence-corrected chi connectivity index (χ4v) is 5.65. The molecule has 2 atom stereocenters. The molecule has 5 nitrogen and oxygen atoms in total. The van der Waals surface area contributed by atoms with Gasteiger partial charge in [-0.25, -0.2) is 39.5 Å². The van der Waals surface area contributed by atoms with Crippen molar-refractivity contribution in [3.05, 3.63) is 118 Å². The number of unbranched alkanes of at least 4 members (excludes halogenated alkanes) is 10. The van der Waals surface area contributed by atoms with Gasteiger partial charge in [-0.3, -0.25) is 13.7 Å². The molecule has 1 N–H and O–H groups in total. The fraction of sp³-hybridized carbons (Fsp3) is 0.400. The van der Waals surface area contributed by atoms with E-state index in [9.17, 15) is 48.3 Å². The highest BCUT2D eigenvalue weighted by Gasteiger charge is 2.38. The zero-order valence-electron chi connectivity index (χ0n) is 31.9. The van der Waals surface area contributed by atoms with Crippen LogP contribution in [0, 0.1) is 75.9 Å². The Morgan fingerprint density at radius 2 is 0.914 bits per heavy atom. The van der Waals surface area contributed by atoms with Gasteiger partial charge in [-0.1, -0.05) is 64.7 Å². The zero-order chi connectivity index (χ0) is 42.9. The summed E-state index contributed by atoms with van der Waals surface area (Å²) in [6.45, 7) is 3.85. The van der Waals surface area contributed by atoms with Crippen LogP contribution in [0.5, 0.6) is 17.2 Å². The standard InChI is InChI=1S/C34H39BF9NO4.C6H2F3/c1-4-5-6-7-8-9-10-11-12-13-14-15-45(21(2)46-3)34-29(20-28(40)32(43)33(34)44)49-35(47-22-16-24(36)30(41)25(37)17-22)48-23-18-26(38)31(42)27(39)19-23;7-4-2-1-3-5(8)6(4)9/h16-21H,4-15H2,1-3H3;2-3H/q;-1/p+1. The van der Waals surface area contributed by atoms with E-state index in [1.165, 1.54) is 46.1 Å². The van der Waals surface area contributed by atoms with Crippen LogP contribution in [0.2, 0.25) is 0 Å². The van der Waals surface area contributed by atoms with Gasteiger partial charge in [0.05, 0.1) is 12.4 Å². The van der Waals surface area contributed by atoms with E-state index >= 15 is 4.39 Å². The molecule has 0 fully saturated rings. The third-order valence-corrected chi connectivity index (χ3v) is 8.78. The van der Waals surface area contributed by atoms with E-state index in [-0.39, 0.29) is 11.4 Å². The maximum absolute atomic E-state index is 15.6. The molecule has 0 bridgehead atoms. The molecule has 0 saturated heterocycles. The number of rotatable bonds is 21. The highest BCUT2D eigenvalue weighted by Crippen LogP contribution is 2.31. The second-order valence-corrected chi connectivity index (χ2v) is 13.1. The Hall–Kier alpha value is -4.58. The summed E-state index contributed by atoms with van der Waals surface area (Å²) in [7, 11) is -1.05. The van der Waals surface area contributed by atoms with Crippen molar-refractivity contribution in [2.24, 2.45) is 0 Å². The van der Waals surface area contributed by atoms with Gasteiger partial charge in [0.2, 0.25) is 17.3 Å². The first-order valence-electron chi connectivity index (χ1n) is 18.4. The van der Waals surface area contributed by atoms with Gasteiger partial charge in [0, 0.05) is 56.0 Å². The summed E-state index contributed by atoms with van der Waals surface area (Å²) in [6.07, 6.45) is 10.5. The van der Waals surface area contributed by atoms with Crippen LogP contribution in [0.4, 0.5) is 58.4 Å². The molecule has 0 saturated carbocycles. The molecule has 18 heteroatoms. The van der Waals surface area contributed by atoms with Gasteiger partial charge in [-0.2, -0.15) is 10.5 Å². The maximum Gasteiger partial charge on any atom is 0.864 e. The molecular weight excluding hydrogens is 797 g/mol. The van der Waals surface area contributed by atoms with E-state index in [2.05, 4.69) is 13.0 Å². The molecule has 0 radical (unpaired) electrons. The predicted octanol–water partition coefficient (Wildman–Crippen LogP) is 11.2. The summed E-state index contributed by atoms with van der Waals surface area (Å²) >= 11 is 0. The summed E-state index contributed by atoms with van der Waals surface area (Å²) in [5.74, 6) is -21.9. The van der Waals surface area contributed by atoms with Crippen molar-refractivity contribution in [3.8, 4) is 17.2 Å². The van der Waals surface area contributed by atoms with E-state index < -0.39 is 106 Å². The molecule has 0 amide bonds. The largest absolute Gasteiger partial charge is 0.864 e. The van der Waals surface area contributed by atoms with Crippen molar-refractivity contribution in [2.45, 2.75) is 90.7 Å². The third-order valence-electron chi connectivity index (χ3n) is 8.78. The van der Waals surface area contributed by atoms with Gasteiger partial charge in [-0.05, 0) is 12.8 Å². The molecular formula is C40H42BF12NO4. The fourth-order valence-electron chi connectivity index (χ4n) is 5.65. The number of hydrogen-bond donors (Lipinski definition) is 1. The predicted molar refractivity (Wildman–Crippen MR) is 190 cm³/mol. The number of halogens is 12. The summed E-state index contributed by atoms with van der Waals surface area (Å²) in [6, 6.07) is 5.48. The molecule has 0 aromatic heterocycles. The lowest BCUT2D eigenvalue weighted by Gasteiger charge is -2.27. The first-order valence-corrected chi connectivity index (χ1v) is 18.4. The Morgan fingerprint density at radius 3 is 1.33 bits per heavy atom. The normalized spacial score (nSPS) is 12.1. The Balaban J connectivity index is 0.000000878. The number of ether oxygens (including phenoxy) is 1. The van der Waals surface area contributed by atoms with E-state index in [1.807, 2.05) is 0 Å². The van der Waals surface area contributed by atoms with Gasteiger partial charge < -0.3 is 18.7 Å². The third kappa shape index (κ3) is 14.1. The average molecular weight is 840 g/mol. The molecule has 58 heavy (non-hydrogen) atoms. The van der Waals surface area contributed by atoms with Crippen molar-refractivity contribution < 1.29 is 76.3 Å². The minimum absolute atomic E-state index is 0.152. The molecule has 0 heterocycles. The summed E-state index contributed by atoms with van der Waals surface area (Å²) < 4.78 is 185. The molecule has 4 aromatic carbocycles. The van der Waals surface area contributed by atoms with Crippen LogP contribution in [-0.2, 0) is 4.74 Å². The minimum atomic E-state index is -2.36. The molecule has 4 aromatic rings. The van der Waals surface area contributed by atoms with Crippen LogP contribution in [-0.4, -0.2) is 27.2 Å². The lowest BCUT2D eigenvalue weighted by molar-refractivity contribution is -0.885. The molecule has 318 valence electrons. The van der Waals surface area contributed by atoms with E-state index in [0.717, 1.165) is 44.2 Å². The first-order chi connectivity index (χ1) is 27.6. The van der Waals surface area contributed by atoms with Gasteiger partial charge in [0.1, 0.15) is 11.5 Å². The van der Waals surface area contributed by atoms with Crippen LogP contribution in [0.25, 0.3) is 0 Å². The molecule has 4 rings (SSSR count). The Kier molecular flexibility index (Phi) is 19.6. The van der Waals surface area contributed by atoms with Crippen molar-refractivity contribution in [1.82, 2.24) is 0 Å². The average Bonchev–Trinajstić information content (AvgIpc) is 3.18. The van der Waals surface area contributed by atoms with Crippen molar-refractivity contribution in [1.29, 1.82) is 0 Å². The van der Waals surface area contributed by atoms with Gasteiger partial charge in [-0.15, -0.1) is 12.1 Å². The minimum Gasteiger partial charge on any atom is -0.489 e. The smallest absolute Gasteiger partial charge is 0.489 e. The SMILES string of the molecule is CCCCCCCCCCCCC[NH+](c1c(OB(Oc2cc(F)c(F)c(F)c2)Oc2cc(F)c(F)c(F)c2)cc(F)c(F)c1F)C(C)OC.Fc1c[c-]cc(F)c1F. The van der Waals surface area contributed by atoms with Crippen LogP contribution in [0.15, 0.2) is 42.5 Å². The highest BCUT2D eigenvalue weighted by atomic mass is 19.2. The molecule has 2 unspecified atom stereocenters. The summed E-state index contributed by atoms with van der Waals surface area (Å²) in [5.41, 5.74) is -0.578. The van der Waals surface area contributed by atoms with Crippen LogP contribution >= 0.6 is 0 Å². The van der Waals surface area contributed by atoms with E-state index in [4.69, 9.17) is 18.7 Å². The number of benzene rings is 4. The molecule has 0 aliphatic rings. The lowest BCUT2D eigenvalue weighted by atomic mass is 10.1. The number of hydrogen-bond acceptors (Lipinski definition) is 4. The summed E-state index contributed by atoms with van der Waals surface area (Å²) in [4.78, 5) is 0.154. The van der Waals surface area contributed by atoms with E-state index in [1.54, 1.807) is 0 Å². The number of methoxy groups -OCH3 is 1. The van der Waals surface area contributed by atoms with Crippen molar-refractivity contribution in [3.63, 3.8) is 0 Å².